The van der Waals surface area contributed by atoms with Crippen LogP contribution in [0.25, 0.3) is 0 Å². The Bertz CT molecular complexity index is 618. The number of nitro groups is 1. The summed E-state index contributed by atoms with van der Waals surface area (Å²) in [6.45, 7) is -0.241. The average Bonchev–Trinajstić information content (AvgIpc) is 2.38. The van der Waals surface area contributed by atoms with Crippen LogP contribution in [-0.4, -0.2) is 36.3 Å². The maximum absolute atomic E-state index is 11.9. The zero-order valence-electron chi connectivity index (χ0n) is 10.0. The second-order valence-corrected chi connectivity index (χ2v) is 5.98. The van der Waals surface area contributed by atoms with Crippen LogP contribution >= 0.6 is 11.6 Å². The number of hydrogen-bond acceptors (Lipinski definition) is 5. The molecule has 20 heavy (non-hydrogen) atoms. The first-order chi connectivity index (χ1) is 9.25. The van der Waals surface area contributed by atoms with Gasteiger partial charge in [0.1, 0.15) is 5.38 Å². The molecule has 8 nitrogen and oxygen atoms in total. The lowest BCUT2D eigenvalue weighted by Gasteiger charge is -2.08. The van der Waals surface area contributed by atoms with E-state index in [1.807, 2.05) is 0 Å². The number of carbonyl (C=O) groups is 1. The van der Waals surface area contributed by atoms with Crippen LogP contribution in [0.15, 0.2) is 29.2 Å². The summed E-state index contributed by atoms with van der Waals surface area (Å²) in [4.78, 5) is 19.9. The maximum atomic E-state index is 11.9. The number of rotatable bonds is 7. The molecule has 1 aromatic rings. The molecule has 0 saturated carbocycles. The Balaban J connectivity index is 2.85. The number of carboxylic acid groups (broad SMARTS) is 1. The van der Waals surface area contributed by atoms with Crippen LogP contribution in [0.3, 0.4) is 0 Å². The Morgan fingerprint density at radius 3 is 2.60 bits per heavy atom. The van der Waals surface area contributed by atoms with E-state index < -0.39 is 36.9 Å². The van der Waals surface area contributed by atoms with E-state index in [9.17, 15) is 23.3 Å². The van der Waals surface area contributed by atoms with Gasteiger partial charge in [0, 0.05) is 12.6 Å². The van der Waals surface area contributed by atoms with Crippen molar-refractivity contribution in [2.75, 3.05) is 6.54 Å². The van der Waals surface area contributed by atoms with E-state index in [0.29, 0.717) is 0 Å². The molecule has 0 heterocycles. The standard InChI is InChI=1S/C10H11ClN2O6S/c11-7(10(14)15)5-6-12-20(18,19)9-4-2-1-3-8(9)13(16)17/h1-4,7,12H,5-6H2,(H,14,15). The molecule has 0 aliphatic heterocycles. The molecule has 0 radical (unpaired) electrons. The smallest absolute Gasteiger partial charge is 0.321 e. The van der Waals surface area contributed by atoms with Gasteiger partial charge in [-0.2, -0.15) is 0 Å². The zero-order chi connectivity index (χ0) is 15.3. The number of nitrogens with one attached hydrogen (secondary N) is 1. The van der Waals surface area contributed by atoms with Crippen LogP contribution in [-0.2, 0) is 14.8 Å². The molecule has 0 aliphatic rings. The Labute approximate surface area is 119 Å². The minimum absolute atomic E-state index is 0.142. The first-order valence-electron chi connectivity index (χ1n) is 5.35. The van der Waals surface area contributed by atoms with Crippen LogP contribution in [0.2, 0.25) is 0 Å². The third-order valence-electron chi connectivity index (χ3n) is 2.31. The maximum Gasteiger partial charge on any atom is 0.321 e. The van der Waals surface area contributed by atoms with Crippen molar-refractivity contribution >= 4 is 33.3 Å². The van der Waals surface area contributed by atoms with Crippen molar-refractivity contribution in [2.45, 2.75) is 16.7 Å². The molecule has 0 spiro atoms. The number of alkyl halides is 1. The fraction of sp³-hybridized carbons (Fsp3) is 0.300. The van der Waals surface area contributed by atoms with Crippen molar-refractivity contribution in [1.29, 1.82) is 0 Å². The fourth-order valence-electron chi connectivity index (χ4n) is 1.36. The van der Waals surface area contributed by atoms with Gasteiger partial charge < -0.3 is 5.11 Å². The van der Waals surface area contributed by atoms with E-state index in [2.05, 4.69) is 4.72 Å². The van der Waals surface area contributed by atoms with E-state index in [-0.39, 0.29) is 13.0 Å². The highest BCUT2D eigenvalue weighted by molar-refractivity contribution is 7.89. The van der Waals surface area contributed by atoms with E-state index in [0.717, 1.165) is 12.1 Å². The van der Waals surface area contributed by atoms with Gasteiger partial charge in [0.2, 0.25) is 10.0 Å². The normalized spacial score (nSPS) is 12.8. The van der Waals surface area contributed by atoms with Crippen LogP contribution < -0.4 is 4.72 Å². The number of para-hydroxylation sites is 1. The van der Waals surface area contributed by atoms with E-state index in [4.69, 9.17) is 16.7 Å². The second-order valence-electron chi connectivity index (χ2n) is 3.72. The van der Waals surface area contributed by atoms with Crippen molar-refractivity contribution in [3.8, 4) is 0 Å². The Hall–Kier alpha value is -1.71. The monoisotopic (exact) mass is 322 g/mol. The minimum Gasteiger partial charge on any atom is -0.480 e. The van der Waals surface area contributed by atoms with Gasteiger partial charge in [-0.3, -0.25) is 14.9 Å². The fourth-order valence-corrected chi connectivity index (χ4v) is 2.68. The number of carboxylic acids is 1. The summed E-state index contributed by atoms with van der Waals surface area (Å²) in [6.07, 6.45) is -0.142. The first kappa shape index (κ1) is 16.3. The molecule has 10 heteroatoms. The van der Waals surface area contributed by atoms with Crippen LogP contribution in [0, 0.1) is 10.1 Å². The summed E-state index contributed by atoms with van der Waals surface area (Å²) < 4.78 is 25.9. The SMILES string of the molecule is O=C(O)C(Cl)CCNS(=O)(=O)c1ccccc1[N+](=O)[O-]. The Morgan fingerprint density at radius 2 is 2.05 bits per heavy atom. The summed E-state index contributed by atoms with van der Waals surface area (Å²) in [5.74, 6) is -1.27. The molecular formula is C10H11ClN2O6S. The molecule has 0 fully saturated rings. The Kier molecular flexibility index (Phi) is 5.43. The predicted molar refractivity (Wildman–Crippen MR) is 70.2 cm³/mol. The minimum atomic E-state index is -4.10. The van der Waals surface area contributed by atoms with Crippen molar-refractivity contribution in [3.05, 3.63) is 34.4 Å². The third kappa shape index (κ3) is 4.15. The molecule has 0 aromatic heterocycles. The van der Waals surface area contributed by atoms with Gasteiger partial charge in [-0.1, -0.05) is 12.1 Å². The summed E-state index contributed by atoms with van der Waals surface area (Å²) in [5, 5.41) is 18.1. The van der Waals surface area contributed by atoms with Gasteiger partial charge in [-0.15, -0.1) is 11.6 Å². The lowest BCUT2D eigenvalue weighted by atomic mass is 10.3. The molecule has 2 N–H and O–H groups in total. The number of sulfonamides is 1. The van der Waals surface area contributed by atoms with Gasteiger partial charge in [0.15, 0.2) is 4.90 Å². The van der Waals surface area contributed by atoms with Crippen LogP contribution in [0.5, 0.6) is 0 Å². The largest absolute Gasteiger partial charge is 0.480 e. The highest BCUT2D eigenvalue weighted by Crippen LogP contribution is 2.22. The van der Waals surface area contributed by atoms with Gasteiger partial charge >= 0.3 is 5.97 Å². The molecule has 1 rings (SSSR count). The van der Waals surface area contributed by atoms with E-state index in [1.165, 1.54) is 12.1 Å². The number of benzene rings is 1. The highest BCUT2D eigenvalue weighted by Gasteiger charge is 2.25. The lowest BCUT2D eigenvalue weighted by molar-refractivity contribution is -0.387. The second kappa shape index (κ2) is 6.64. The van der Waals surface area contributed by atoms with Gasteiger partial charge in [-0.05, 0) is 12.5 Å². The van der Waals surface area contributed by atoms with Gasteiger partial charge in [0.05, 0.1) is 4.92 Å². The van der Waals surface area contributed by atoms with E-state index >= 15 is 0 Å². The summed E-state index contributed by atoms with van der Waals surface area (Å²) in [7, 11) is -4.10. The quantitative estimate of drug-likeness (QED) is 0.437. The van der Waals surface area contributed by atoms with Crippen molar-refractivity contribution < 1.29 is 23.2 Å². The Morgan fingerprint density at radius 1 is 1.45 bits per heavy atom. The first-order valence-corrected chi connectivity index (χ1v) is 7.27. The third-order valence-corrected chi connectivity index (χ3v) is 4.22. The zero-order valence-corrected chi connectivity index (χ0v) is 11.6. The molecule has 0 aliphatic carbocycles. The van der Waals surface area contributed by atoms with Crippen molar-refractivity contribution in [1.82, 2.24) is 4.72 Å². The molecule has 1 aromatic carbocycles. The molecule has 1 unspecified atom stereocenters. The molecule has 0 amide bonds. The topological polar surface area (TPSA) is 127 Å². The molecule has 0 bridgehead atoms. The van der Waals surface area contributed by atoms with Crippen molar-refractivity contribution in [3.63, 3.8) is 0 Å². The number of aliphatic carboxylic acids is 1. The van der Waals surface area contributed by atoms with Crippen LogP contribution in [0.4, 0.5) is 5.69 Å². The number of hydrogen-bond donors (Lipinski definition) is 2. The van der Waals surface area contributed by atoms with Crippen LogP contribution in [0.1, 0.15) is 6.42 Å². The number of halogens is 1. The average molecular weight is 323 g/mol. The summed E-state index contributed by atoms with van der Waals surface area (Å²) in [6, 6.07) is 4.85. The molecule has 0 saturated heterocycles. The van der Waals surface area contributed by atoms with Crippen molar-refractivity contribution in [2.24, 2.45) is 0 Å². The number of nitrogens with zero attached hydrogens (tertiary/aromatic N) is 1. The number of nitro benzene ring substituents is 1. The lowest BCUT2D eigenvalue weighted by Crippen LogP contribution is -2.28. The predicted octanol–water partition coefficient (Wildman–Crippen LogP) is 0.955. The summed E-state index contributed by atoms with van der Waals surface area (Å²) >= 11 is 5.43. The summed E-state index contributed by atoms with van der Waals surface area (Å²) in [5.41, 5.74) is -0.555. The van der Waals surface area contributed by atoms with Gasteiger partial charge in [0.25, 0.3) is 5.69 Å². The molecule has 1 atom stereocenters. The molecule has 110 valence electrons. The highest BCUT2D eigenvalue weighted by atomic mass is 35.5. The van der Waals surface area contributed by atoms with E-state index in [1.54, 1.807) is 0 Å². The van der Waals surface area contributed by atoms with Gasteiger partial charge in [-0.25, -0.2) is 13.1 Å². The molecular weight excluding hydrogens is 312 g/mol.